The predicted molar refractivity (Wildman–Crippen MR) is 84.6 cm³/mol. The molecule has 1 aliphatic carbocycles. The maximum atomic E-state index is 12.0. The van der Waals surface area contributed by atoms with Crippen molar-refractivity contribution in [2.45, 2.75) is 38.4 Å². The molecule has 1 aromatic heterocycles. The molecule has 126 valence electrons. The summed E-state index contributed by atoms with van der Waals surface area (Å²) in [7, 11) is 0. The molecule has 2 fully saturated rings. The Balaban J connectivity index is 1.33. The zero-order valence-corrected chi connectivity index (χ0v) is 13.4. The molecule has 3 rings (SSSR count). The van der Waals surface area contributed by atoms with Gasteiger partial charge in [-0.2, -0.15) is 0 Å². The molecule has 2 aliphatic rings. The van der Waals surface area contributed by atoms with E-state index in [9.17, 15) is 9.59 Å². The molecule has 23 heavy (non-hydrogen) atoms. The van der Waals surface area contributed by atoms with E-state index < -0.39 is 0 Å². The van der Waals surface area contributed by atoms with E-state index >= 15 is 0 Å². The molecule has 0 aromatic carbocycles. The first-order valence-electron chi connectivity index (χ1n) is 8.19. The first-order valence-corrected chi connectivity index (χ1v) is 8.19. The summed E-state index contributed by atoms with van der Waals surface area (Å²) in [6.45, 7) is 4.42. The van der Waals surface area contributed by atoms with Gasteiger partial charge in [0.1, 0.15) is 5.76 Å². The van der Waals surface area contributed by atoms with Crippen molar-refractivity contribution in [2.75, 3.05) is 19.6 Å². The average molecular weight is 320 g/mol. The molecular formula is C16H24N4O3. The van der Waals surface area contributed by atoms with Crippen molar-refractivity contribution >= 4 is 11.9 Å². The zero-order chi connectivity index (χ0) is 16.2. The zero-order valence-electron chi connectivity index (χ0n) is 13.4. The minimum atomic E-state index is -0.379. The minimum absolute atomic E-state index is 0.0172. The number of hydrogen-bond acceptors (Lipinski definition) is 4. The van der Waals surface area contributed by atoms with Crippen molar-refractivity contribution < 1.29 is 14.0 Å². The Labute approximate surface area is 135 Å². The summed E-state index contributed by atoms with van der Waals surface area (Å²) in [5, 5.41) is 8.23. The molecule has 7 heteroatoms. The number of carbonyl (C=O) groups excluding carboxylic acids is 2. The lowest BCUT2D eigenvalue weighted by atomic mass is 10.1. The predicted octanol–water partition coefficient (Wildman–Crippen LogP) is 0.678. The van der Waals surface area contributed by atoms with Gasteiger partial charge in [-0.3, -0.25) is 9.69 Å². The van der Waals surface area contributed by atoms with E-state index in [1.165, 1.54) is 12.8 Å². The number of nitrogens with zero attached hydrogens (tertiary/aromatic N) is 1. The number of nitrogens with one attached hydrogen (secondary N) is 3. The highest BCUT2D eigenvalue weighted by atomic mass is 16.3. The summed E-state index contributed by atoms with van der Waals surface area (Å²) in [5.74, 6) is 0.976. The van der Waals surface area contributed by atoms with Crippen LogP contribution in [0.25, 0.3) is 0 Å². The standard InChI is InChI=1S/C16H24N4O3/c1-11-9-20(12-4-5-12)10-14(11)19-15(21)8-18-16(22)17-7-13-3-2-6-23-13/h2-3,6,11-12,14H,4-5,7-10H2,1H3,(H,19,21)(H2,17,18,22). The third kappa shape index (κ3) is 4.48. The second-order valence-corrected chi connectivity index (χ2v) is 6.45. The van der Waals surface area contributed by atoms with Gasteiger partial charge in [-0.25, -0.2) is 4.79 Å². The summed E-state index contributed by atoms with van der Waals surface area (Å²) in [4.78, 5) is 26.1. The van der Waals surface area contributed by atoms with Crippen molar-refractivity contribution in [2.24, 2.45) is 5.92 Å². The van der Waals surface area contributed by atoms with Gasteiger partial charge >= 0.3 is 6.03 Å². The quantitative estimate of drug-likeness (QED) is 0.719. The molecule has 1 saturated carbocycles. The third-order valence-corrected chi connectivity index (χ3v) is 4.46. The highest BCUT2D eigenvalue weighted by molar-refractivity contribution is 5.84. The molecular weight excluding hydrogens is 296 g/mol. The molecule has 0 radical (unpaired) electrons. The Kier molecular flexibility index (Phi) is 4.85. The molecule has 2 atom stereocenters. The van der Waals surface area contributed by atoms with E-state index in [0.717, 1.165) is 19.1 Å². The van der Waals surface area contributed by atoms with Crippen LogP contribution in [0.1, 0.15) is 25.5 Å². The van der Waals surface area contributed by atoms with Gasteiger partial charge < -0.3 is 20.4 Å². The number of urea groups is 1. The number of amides is 3. The van der Waals surface area contributed by atoms with Gasteiger partial charge in [-0.15, -0.1) is 0 Å². The first-order chi connectivity index (χ1) is 11.1. The van der Waals surface area contributed by atoms with E-state index in [1.807, 2.05) is 0 Å². The summed E-state index contributed by atoms with van der Waals surface area (Å²) in [5.41, 5.74) is 0. The number of rotatable bonds is 6. The molecule has 0 spiro atoms. The van der Waals surface area contributed by atoms with Crippen LogP contribution in [0.2, 0.25) is 0 Å². The summed E-state index contributed by atoms with van der Waals surface area (Å²) < 4.78 is 5.12. The maximum absolute atomic E-state index is 12.0. The fourth-order valence-electron chi connectivity index (χ4n) is 2.99. The maximum Gasteiger partial charge on any atom is 0.315 e. The van der Waals surface area contributed by atoms with Crippen LogP contribution in [-0.4, -0.2) is 48.6 Å². The van der Waals surface area contributed by atoms with Crippen LogP contribution in [0.3, 0.4) is 0 Å². The Morgan fingerprint density at radius 3 is 2.83 bits per heavy atom. The Bertz CT molecular complexity index is 542. The van der Waals surface area contributed by atoms with Gasteiger partial charge in [0.25, 0.3) is 0 Å². The normalized spacial score (nSPS) is 24.4. The van der Waals surface area contributed by atoms with Crippen LogP contribution in [0.4, 0.5) is 4.79 Å². The van der Waals surface area contributed by atoms with Crippen LogP contribution >= 0.6 is 0 Å². The van der Waals surface area contributed by atoms with E-state index in [-0.39, 0.29) is 24.5 Å². The van der Waals surface area contributed by atoms with Crippen LogP contribution in [0.5, 0.6) is 0 Å². The Morgan fingerprint density at radius 1 is 1.30 bits per heavy atom. The average Bonchev–Trinajstić information content (AvgIpc) is 3.13. The van der Waals surface area contributed by atoms with Gasteiger partial charge in [0.05, 0.1) is 19.4 Å². The molecule has 1 aliphatic heterocycles. The van der Waals surface area contributed by atoms with Gasteiger partial charge in [0, 0.05) is 25.2 Å². The molecule has 1 aromatic rings. The van der Waals surface area contributed by atoms with Crippen molar-refractivity contribution in [3.63, 3.8) is 0 Å². The first kappa shape index (κ1) is 15.9. The van der Waals surface area contributed by atoms with Crippen molar-refractivity contribution in [3.8, 4) is 0 Å². The third-order valence-electron chi connectivity index (χ3n) is 4.46. The van der Waals surface area contributed by atoms with E-state index in [0.29, 0.717) is 18.2 Å². The van der Waals surface area contributed by atoms with Gasteiger partial charge in [-0.1, -0.05) is 6.92 Å². The number of carbonyl (C=O) groups is 2. The lowest BCUT2D eigenvalue weighted by molar-refractivity contribution is -0.120. The largest absolute Gasteiger partial charge is 0.467 e. The van der Waals surface area contributed by atoms with Crippen LogP contribution in [0, 0.1) is 5.92 Å². The second-order valence-electron chi connectivity index (χ2n) is 6.45. The highest BCUT2D eigenvalue weighted by Gasteiger charge is 2.38. The topological polar surface area (TPSA) is 86.6 Å². The molecule has 7 nitrogen and oxygen atoms in total. The van der Waals surface area contributed by atoms with Gasteiger partial charge in [0.15, 0.2) is 0 Å². The molecule has 0 bridgehead atoms. The summed E-state index contributed by atoms with van der Waals surface area (Å²) in [6.07, 6.45) is 4.12. The monoisotopic (exact) mass is 320 g/mol. The lowest BCUT2D eigenvalue weighted by Crippen LogP contribution is -2.46. The Morgan fingerprint density at radius 2 is 2.13 bits per heavy atom. The molecule has 1 saturated heterocycles. The van der Waals surface area contributed by atoms with Crippen LogP contribution in [-0.2, 0) is 11.3 Å². The van der Waals surface area contributed by atoms with E-state index in [1.54, 1.807) is 18.4 Å². The lowest BCUT2D eigenvalue weighted by Gasteiger charge is -2.17. The number of hydrogen-bond donors (Lipinski definition) is 3. The van der Waals surface area contributed by atoms with Crippen molar-refractivity contribution in [1.82, 2.24) is 20.9 Å². The van der Waals surface area contributed by atoms with E-state index in [4.69, 9.17) is 4.42 Å². The smallest absolute Gasteiger partial charge is 0.315 e. The number of furan rings is 1. The van der Waals surface area contributed by atoms with Gasteiger partial charge in [-0.05, 0) is 30.9 Å². The molecule has 3 amide bonds. The van der Waals surface area contributed by atoms with E-state index in [2.05, 4.69) is 27.8 Å². The molecule has 2 heterocycles. The fraction of sp³-hybridized carbons (Fsp3) is 0.625. The highest BCUT2D eigenvalue weighted by Crippen LogP contribution is 2.31. The molecule has 2 unspecified atom stereocenters. The van der Waals surface area contributed by atoms with Gasteiger partial charge in [0.2, 0.25) is 5.91 Å². The van der Waals surface area contributed by atoms with Crippen molar-refractivity contribution in [1.29, 1.82) is 0 Å². The second kappa shape index (κ2) is 7.04. The summed E-state index contributed by atoms with van der Waals surface area (Å²) >= 11 is 0. The Hall–Kier alpha value is -2.02. The van der Waals surface area contributed by atoms with Crippen LogP contribution in [0.15, 0.2) is 22.8 Å². The minimum Gasteiger partial charge on any atom is -0.467 e. The van der Waals surface area contributed by atoms with Crippen molar-refractivity contribution in [3.05, 3.63) is 24.2 Å². The molecule has 3 N–H and O–H groups in total. The summed E-state index contributed by atoms with van der Waals surface area (Å²) in [6, 6.07) is 4.06. The fourth-order valence-corrected chi connectivity index (χ4v) is 2.99. The number of likely N-dealkylation sites (tertiary alicyclic amines) is 1. The SMILES string of the molecule is CC1CN(C2CC2)CC1NC(=O)CNC(=O)NCc1ccco1. The van der Waals surface area contributed by atoms with Crippen LogP contribution < -0.4 is 16.0 Å².